The Morgan fingerprint density at radius 2 is 2.17 bits per heavy atom. The van der Waals surface area contributed by atoms with Crippen LogP contribution >= 0.6 is 0 Å². The molecule has 0 spiro atoms. The summed E-state index contributed by atoms with van der Waals surface area (Å²) in [6.45, 7) is 3.89. The van der Waals surface area contributed by atoms with E-state index in [9.17, 15) is 4.39 Å². The average Bonchev–Trinajstić information content (AvgIpc) is 2.08. The fourth-order valence-electron chi connectivity index (χ4n) is 1.17. The number of hydrogen-bond acceptors (Lipinski definition) is 1. The SMILES string of the molecule is CC[C@H](N)c1cc(C)ccc1F. The van der Waals surface area contributed by atoms with E-state index in [-0.39, 0.29) is 11.9 Å². The van der Waals surface area contributed by atoms with Crippen molar-refractivity contribution < 1.29 is 4.39 Å². The standard InChI is InChI=1S/C10H14FN/c1-3-10(12)8-6-7(2)4-5-9(8)11/h4-6,10H,3,12H2,1-2H3/t10-/m0/s1. The Hall–Kier alpha value is -0.890. The van der Waals surface area contributed by atoms with Crippen molar-refractivity contribution in [3.05, 3.63) is 35.1 Å². The van der Waals surface area contributed by atoms with Crippen LogP contribution in [0.25, 0.3) is 0 Å². The summed E-state index contributed by atoms with van der Waals surface area (Å²) in [4.78, 5) is 0. The Morgan fingerprint density at radius 3 is 2.75 bits per heavy atom. The molecule has 12 heavy (non-hydrogen) atoms. The maximum Gasteiger partial charge on any atom is 0.127 e. The summed E-state index contributed by atoms with van der Waals surface area (Å²) >= 11 is 0. The van der Waals surface area contributed by atoms with Crippen molar-refractivity contribution in [2.75, 3.05) is 0 Å². The quantitative estimate of drug-likeness (QED) is 0.719. The minimum Gasteiger partial charge on any atom is -0.324 e. The molecule has 1 nitrogen and oxygen atoms in total. The van der Waals surface area contributed by atoms with Gasteiger partial charge in [0, 0.05) is 11.6 Å². The summed E-state index contributed by atoms with van der Waals surface area (Å²) in [5, 5.41) is 0. The van der Waals surface area contributed by atoms with Crippen LogP contribution in [-0.2, 0) is 0 Å². The van der Waals surface area contributed by atoms with E-state index in [0.717, 1.165) is 12.0 Å². The second-order valence-electron chi connectivity index (χ2n) is 3.04. The summed E-state index contributed by atoms with van der Waals surface area (Å²) in [5.74, 6) is -0.199. The van der Waals surface area contributed by atoms with Crippen LogP contribution in [-0.4, -0.2) is 0 Å². The first kappa shape index (κ1) is 9.20. The first-order valence-electron chi connectivity index (χ1n) is 4.16. The summed E-state index contributed by atoms with van der Waals surface area (Å²) in [7, 11) is 0. The predicted molar refractivity (Wildman–Crippen MR) is 48.4 cm³/mol. The number of benzene rings is 1. The summed E-state index contributed by atoms with van der Waals surface area (Å²) in [6.07, 6.45) is 0.764. The molecule has 0 aliphatic rings. The van der Waals surface area contributed by atoms with Gasteiger partial charge in [-0.25, -0.2) is 4.39 Å². The maximum absolute atomic E-state index is 13.1. The van der Waals surface area contributed by atoms with E-state index >= 15 is 0 Å². The molecule has 0 aliphatic heterocycles. The fraction of sp³-hybridized carbons (Fsp3) is 0.400. The van der Waals surface area contributed by atoms with Crippen molar-refractivity contribution in [1.29, 1.82) is 0 Å². The Labute approximate surface area is 72.4 Å². The maximum atomic E-state index is 13.1. The number of nitrogens with two attached hydrogens (primary N) is 1. The van der Waals surface area contributed by atoms with Gasteiger partial charge in [-0.3, -0.25) is 0 Å². The lowest BCUT2D eigenvalue weighted by atomic mass is 10.0. The highest BCUT2D eigenvalue weighted by atomic mass is 19.1. The fourth-order valence-corrected chi connectivity index (χ4v) is 1.17. The molecule has 0 unspecified atom stereocenters. The zero-order chi connectivity index (χ0) is 9.14. The van der Waals surface area contributed by atoms with Crippen LogP contribution in [0.2, 0.25) is 0 Å². The van der Waals surface area contributed by atoms with Crippen LogP contribution in [0.1, 0.15) is 30.5 Å². The van der Waals surface area contributed by atoms with E-state index in [0.29, 0.717) is 5.56 Å². The third-order valence-electron chi connectivity index (χ3n) is 1.99. The largest absolute Gasteiger partial charge is 0.324 e. The van der Waals surface area contributed by atoms with Crippen LogP contribution < -0.4 is 5.73 Å². The zero-order valence-corrected chi connectivity index (χ0v) is 7.47. The van der Waals surface area contributed by atoms with E-state index in [4.69, 9.17) is 5.73 Å². The minimum absolute atomic E-state index is 0.176. The number of rotatable bonds is 2. The summed E-state index contributed by atoms with van der Waals surface area (Å²) in [6, 6.07) is 4.86. The van der Waals surface area contributed by atoms with Crippen molar-refractivity contribution in [2.24, 2.45) is 5.73 Å². The van der Waals surface area contributed by atoms with Gasteiger partial charge < -0.3 is 5.73 Å². The van der Waals surface area contributed by atoms with Crippen LogP contribution in [0, 0.1) is 12.7 Å². The van der Waals surface area contributed by atoms with Crippen LogP contribution in [0.4, 0.5) is 4.39 Å². The molecular formula is C10H14FN. The van der Waals surface area contributed by atoms with Gasteiger partial charge in [0.1, 0.15) is 5.82 Å². The van der Waals surface area contributed by atoms with E-state index in [1.54, 1.807) is 6.07 Å². The molecule has 66 valence electrons. The molecule has 0 saturated carbocycles. The molecule has 1 aromatic rings. The lowest BCUT2D eigenvalue weighted by Crippen LogP contribution is -2.10. The second kappa shape index (κ2) is 3.68. The number of aryl methyl sites for hydroxylation is 1. The zero-order valence-electron chi connectivity index (χ0n) is 7.47. The van der Waals surface area contributed by atoms with Gasteiger partial charge in [-0.05, 0) is 19.4 Å². The highest BCUT2D eigenvalue weighted by Gasteiger charge is 2.08. The Morgan fingerprint density at radius 1 is 1.50 bits per heavy atom. The van der Waals surface area contributed by atoms with E-state index in [2.05, 4.69) is 0 Å². The van der Waals surface area contributed by atoms with Gasteiger partial charge in [-0.1, -0.05) is 24.6 Å². The molecule has 0 fully saturated rings. The highest BCUT2D eigenvalue weighted by Crippen LogP contribution is 2.18. The van der Waals surface area contributed by atoms with Crippen molar-refractivity contribution in [2.45, 2.75) is 26.3 Å². The third-order valence-corrected chi connectivity index (χ3v) is 1.99. The van der Waals surface area contributed by atoms with Crippen LogP contribution in [0.5, 0.6) is 0 Å². The molecule has 0 aliphatic carbocycles. The average molecular weight is 167 g/mol. The monoisotopic (exact) mass is 167 g/mol. The van der Waals surface area contributed by atoms with Gasteiger partial charge in [0.25, 0.3) is 0 Å². The molecule has 0 saturated heterocycles. The molecule has 0 radical (unpaired) electrons. The predicted octanol–water partition coefficient (Wildman–Crippen LogP) is 2.54. The summed E-state index contributed by atoms with van der Waals surface area (Å²) < 4.78 is 13.1. The molecule has 1 atom stereocenters. The Bertz CT molecular complexity index is 271. The molecular weight excluding hydrogens is 153 g/mol. The van der Waals surface area contributed by atoms with Gasteiger partial charge >= 0.3 is 0 Å². The number of halogens is 1. The molecule has 2 N–H and O–H groups in total. The first-order valence-corrected chi connectivity index (χ1v) is 4.16. The molecule has 0 aromatic heterocycles. The summed E-state index contributed by atoms with van der Waals surface area (Å²) in [5.41, 5.74) is 7.40. The van der Waals surface area contributed by atoms with Crippen molar-refractivity contribution in [3.8, 4) is 0 Å². The van der Waals surface area contributed by atoms with E-state index < -0.39 is 0 Å². The Balaban J connectivity index is 3.04. The Kier molecular flexibility index (Phi) is 2.82. The molecule has 0 bridgehead atoms. The second-order valence-corrected chi connectivity index (χ2v) is 3.04. The van der Waals surface area contributed by atoms with Gasteiger partial charge in [0.05, 0.1) is 0 Å². The van der Waals surface area contributed by atoms with Crippen molar-refractivity contribution in [1.82, 2.24) is 0 Å². The first-order chi connectivity index (χ1) is 5.65. The minimum atomic E-state index is -0.199. The van der Waals surface area contributed by atoms with E-state index in [1.807, 2.05) is 19.9 Å². The van der Waals surface area contributed by atoms with Crippen molar-refractivity contribution in [3.63, 3.8) is 0 Å². The lowest BCUT2D eigenvalue weighted by molar-refractivity contribution is 0.575. The van der Waals surface area contributed by atoms with Crippen LogP contribution in [0.3, 0.4) is 0 Å². The molecule has 0 amide bonds. The lowest BCUT2D eigenvalue weighted by Gasteiger charge is -2.10. The normalized spacial score (nSPS) is 13.0. The molecule has 1 rings (SSSR count). The van der Waals surface area contributed by atoms with Gasteiger partial charge in [0.2, 0.25) is 0 Å². The molecule has 0 heterocycles. The molecule has 2 heteroatoms. The third kappa shape index (κ3) is 1.83. The van der Waals surface area contributed by atoms with E-state index in [1.165, 1.54) is 6.07 Å². The van der Waals surface area contributed by atoms with Crippen molar-refractivity contribution >= 4 is 0 Å². The highest BCUT2D eigenvalue weighted by molar-refractivity contribution is 5.26. The van der Waals surface area contributed by atoms with Gasteiger partial charge in [-0.15, -0.1) is 0 Å². The van der Waals surface area contributed by atoms with Crippen LogP contribution in [0.15, 0.2) is 18.2 Å². The topological polar surface area (TPSA) is 26.0 Å². The molecule has 1 aromatic carbocycles. The number of hydrogen-bond donors (Lipinski definition) is 1. The van der Waals surface area contributed by atoms with Gasteiger partial charge in [0.15, 0.2) is 0 Å². The van der Waals surface area contributed by atoms with Gasteiger partial charge in [-0.2, -0.15) is 0 Å². The smallest absolute Gasteiger partial charge is 0.127 e.